The van der Waals surface area contributed by atoms with Crippen LogP contribution in [0.25, 0.3) is 0 Å². The third-order valence-corrected chi connectivity index (χ3v) is 6.16. The van der Waals surface area contributed by atoms with Gasteiger partial charge in [-0.25, -0.2) is 8.42 Å². The molecule has 3 N–H and O–H groups in total. The summed E-state index contributed by atoms with van der Waals surface area (Å²) < 4.78 is 22.8. The molecule has 6 heteroatoms. The van der Waals surface area contributed by atoms with E-state index in [-0.39, 0.29) is 16.8 Å². The van der Waals surface area contributed by atoms with Crippen LogP contribution >= 0.6 is 11.8 Å². The molecule has 1 fully saturated rings. The van der Waals surface area contributed by atoms with Crippen molar-refractivity contribution in [3.63, 3.8) is 0 Å². The van der Waals surface area contributed by atoms with Crippen molar-refractivity contribution in [3.8, 4) is 0 Å². The average molecular weight is 273 g/mol. The number of hydrogen-bond acceptors (Lipinski definition) is 5. The molecule has 2 unspecified atom stereocenters. The number of nitrogens with two attached hydrogens (primary N) is 1. The van der Waals surface area contributed by atoms with E-state index in [0.717, 1.165) is 10.5 Å². The Hall–Kier alpha value is -0.720. The van der Waals surface area contributed by atoms with Gasteiger partial charge in [-0.15, -0.1) is 11.8 Å². The van der Waals surface area contributed by atoms with Gasteiger partial charge in [-0.2, -0.15) is 0 Å². The van der Waals surface area contributed by atoms with Gasteiger partial charge >= 0.3 is 0 Å². The number of nitrogen functional groups attached to an aromatic ring is 1. The maximum absolute atomic E-state index is 11.4. The Morgan fingerprint density at radius 1 is 1.41 bits per heavy atom. The number of benzene rings is 1. The molecule has 1 aliphatic rings. The second-order valence-corrected chi connectivity index (χ2v) is 7.72. The monoisotopic (exact) mass is 273 g/mol. The van der Waals surface area contributed by atoms with Crippen LogP contribution in [0.2, 0.25) is 0 Å². The molecule has 1 aromatic rings. The van der Waals surface area contributed by atoms with Crippen molar-refractivity contribution >= 4 is 27.3 Å². The molecule has 4 nitrogen and oxygen atoms in total. The molecule has 1 aromatic carbocycles. The van der Waals surface area contributed by atoms with E-state index in [1.807, 2.05) is 25.1 Å². The first kappa shape index (κ1) is 12.7. The van der Waals surface area contributed by atoms with Gasteiger partial charge in [0.15, 0.2) is 9.84 Å². The van der Waals surface area contributed by atoms with Gasteiger partial charge in [0.05, 0.1) is 22.9 Å². The van der Waals surface area contributed by atoms with Crippen LogP contribution in [0.3, 0.4) is 0 Å². The summed E-state index contributed by atoms with van der Waals surface area (Å²) in [6.45, 7) is 1.90. The Morgan fingerprint density at radius 3 is 2.71 bits per heavy atom. The fourth-order valence-electron chi connectivity index (χ4n) is 1.83. The summed E-state index contributed by atoms with van der Waals surface area (Å²) >= 11 is 1.35. The highest BCUT2D eigenvalue weighted by atomic mass is 32.2. The Balaban J connectivity index is 2.20. The van der Waals surface area contributed by atoms with Crippen LogP contribution in [-0.4, -0.2) is 36.4 Å². The predicted octanol–water partition coefficient (Wildman–Crippen LogP) is 0.827. The van der Waals surface area contributed by atoms with Gasteiger partial charge < -0.3 is 10.8 Å². The van der Waals surface area contributed by atoms with Crippen LogP contribution in [0.4, 0.5) is 5.69 Å². The quantitative estimate of drug-likeness (QED) is 0.780. The lowest BCUT2D eigenvalue weighted by Gasteiger charge is -2.14. The zero-order valence-electron chi connectivity index (χ0n) is 9.46. The molecule has 94 valence electrons. The SMILES string of the molecule is Cc1cccc(SC2CS(=O)(=O)CC2O)c1N. The zero-order valence-corrected chi connectivity index (χ0v) is 11.1. The van der Waals surface area contributed by atoms with E-state index in [0.29, 0.717) is 5.69 Å². The molecule has 0 spiro atoms. The summed E-state index contributed by atoms with van der Waals surface area (Å²) in [7, 11) is -3.10. The minimum atomic E-state index is -3.10. The van der Waals surface area contributed by atoms with Crippen molar-refractivity contribution in [2.75, 3.05) is 17.2 Å². The van der Waals surface area contributed by atoms with Crippen molar-refractivity contribution in [2.24, 2.45) is 0 Å². The number of thioether (sulfide) groups is 1. The van der Waals surface area contributed by atoms with Crippen molar-refractivity contribution in [2.45, 2.75) is 23.2 Å². The minimum absolute atomic E-state index is 0.0201. The number of sulfone groups is 1. The number of hydrogen-bond donors (Lipinski definition) is 2. The third kappa shape index (κ3) is 2.75. The minimum Gasteiger partial charge on any atom is -0.398 e. The number of anilines is 1. The molecule has 0 bridgehead atoms. The van der Waals surface area contributed by atoms with Gasteiger partial charge in [0.25, 0.3) is 0 Å². The highest BCUT2D eigenvalue weighted by Gasteiger charge is 2.37. The molecule has 0 aliphatic carbocycles. The van der Waals surface area contributed by atoms with E-state index < -0.39 is 15.9 Å². The number of aliphatic hydroxyl groups excluding tert-OH is 1. The van der Waals surface area contributed by atoms with Gasteiger partial charge in [-0.05, 0) is 18.6 Å². The standard InChI is InChI=1S/C11H15NO3S2/c1-7-3-2-4-9(11(7)12)16-10-6-17(14,15)5-8(10)13/h2-4,8,10,13H,5-6,12H2,1H3. The third-order valence-electron chi connectivity index (χ3n) is 2.83. The molecule has 1 saturated heterocycles. The maximum Gasteiger partial charge on any atom is 0.154 e. The summed E-state index contributed by atoms with van der Waals surface area (Å²) in [5, 5.41) is 9.39. The van der Waals surface area contributed by atoms with Crippen LogP contribution in [0.1, 0.15) is 5.56 Å². The number of para-hydroxylation sites is 1. The molecule has 0 aromatic heterocycles. The van der Waals surface area contributed by atoms with Gasteiger partial charge in [0, 0.05) is 10.6 Å². The van der Waals surface area contributed by atoms with E-state index in [4.69, 9.17) is 5.73 Å². The van der Waals surface area contributed by atoms with Crippen molar-refractivity contribution < 1.29 is 13.5 Å². The fraction of sp³-hybridized carbons (Fsp3) is 0.455. The van der Waals surface area contributed by atoms with Gasteiger partial charge in [0.2, 0.25) is 0 Å². The number of aryl methyl sites for hydroxylation is 1. The van der Waals surface area contributed by atoms with Gasteiger partial charge in [0.1, 0.15) is 0 Å². The van der Waals surface area contributed by atoms with E-state index >= 15 is 0 Å². The molecule has 0 saturated carbocycles. The first-order valence-corrected chi connectivity index (χ1v) is 7.99. The summed E-state index contributed by atoms with van der Waals surface area (Å²) in [6.07, 6.45) is -0.801. The lowest BCUT2D eigenvalue weighted by atomic mass is 10.2. The lowest BCUT2D eigenvalue weighted by molar-refractivity contribution is 0.207. The van der Waals surface area contributed by atoms with Crippen molar-refractivity contribution in [1.29, 1.82) is 0 Å². The molecule has 1 aliphatic heterocycles. The van der Waals surface area contributed by atoms with Gasteiger partial charge in [-0.3, -0.25) is 0 Å². The van der Waals surface area contributed by atoms with Crippen LogP contribution in [0.5, 0.6) is 0 Å². The van der Waals surface area contributed by atoms with E-state index in [2.05, 4.69) is 0 Å². The Kier molecular flexibility index (Phi) is 3.38. The second-order valence-electron chi connectivity index (χ2n) is 4.29. The van der Waals surface area contributed by atoms with Crippen molar-refractivity contribution in [3.05, 3.63) is 23.8 Å². The topological polar surface area (TPSA) is 80.4 Å². The van der Waals surface area contributed by atoms with E-state index in [1.54, 1.807) is 0 Å². The number of aliphatic hydroxyl groups is 1. The molecule has 17 heavy (non-hydrogen) atoms. The highest BCUT2D eigenvalue weighted by molar-refractivity contribution is 8.02. The van der Waals surface area contributed by atoms with Gasteiger partial charge in [-0.1, -0.05) is 12.1 Å². The predicted molar refractivity (Wildman–Crippen MR) is 69.9 cm³/mol. The Labute approximate surface area is 105 Å². The van der Waals surface area contributed by atoms with E-state index in [1.165, 1.54) is 11.8 Å². The summed E-state index contributed by atoms with van der Waals surface area (Å²) in [6, 6.07) is 5.63. The van der Waals surface area contributed by atoms with Crippen LogP contribution < -0.4 is 5.73 Å². The van der Waals surface area contributed by atoms with Crippen LogP contribution in [-0.2, 0) is 9.84 Å². The lowest BCUT2D eigenvalue weighted by Crippen LogP contribution is -2.20. The summed E-state index contributed by atoms with van der Waals surface area (Å²) in [5.41, 5.74) is 7.55. The molecular weight excluding hydrogens is 258 g/mol. The second kappa shape index (κ2) is 4.51. The smallest absolute Gasteiger partial charge is 0.154 e. The molecule has 0 amide bonds. The van der Waals surface area contributed by atoms with Crippen LogP contribution in [0, 0.1) is 6.92 Å². The highest BCUT2D eigenvalue weighted by Crippen LogP contribution is 2.35. The fourth-order valence-corrected chi connectivity index (χ4v) is 5.48. The molecule has 2 atom stereocenters. The van der Waals surface area contributed by atoms with Crippen LogP contribution in [0.15, 0.2) is 23.1 Å². The number of rotatable bonds is 2. The molecule has 0 radical (unpaired) electrons. The Morgan fingerprint density at radius 2 is 2.12 bits per heavy atom. The first-order chi connectivity index (χ1) is 7.89. The molecule has 1 heterocycles. The molecular formula is C11H15NO3S2. The zero-order chi connectivity index (χ0) is 12.6. The largest absolute Gasteiger partial charge is 0.398 e. The van der Waals surface area contributed by atoms with Crippen molar-refractivity contribution in [1.82, 2.24) is 0 Å². The Bertz CT molecular complexity index is 528. The summed E-state index contributed by atoms with van der Waals surface area (Å²) in [5.74, 6) is -0.122. The van der Waals surface area contributed by atoms with E-state index in [9.17, 15) is 13.5 Å². The maximum atomic E-state index is 11.4. The normalized spacial score (nSPS) is 27.2. The summed E-state index contributed by atoms with van der Waals surface area (Å²) in [4.78, 5) is 0.839. The first-order valence-electron chi connectivity index (χ1n) is 5.29. The average Bonchev–Trinajstić information content (AvgIpc) is 2.47. The molecule has 2 rings (SSSR count).